The van der Waals surface area contributed by atoms with Crippen molar-refractivity contribution in [1.82, 2.24) is 14.6 Å². The number of H-pyrrole nitrogens is 1. The highest BCUT2D eigenvalue weighted by molar-refractivity contribution is 7.52. The zero-order valence-electron chi connectivity index (χ0n) is 20.1. The average Bonchev–Trinajstić information content (AvgIpc) is 3.24. The summed E-state index contributed by atoms with van der Waals surface area (Å²) >= 11 is 0. The number of aromatic amines is 1. The van der Waals surface area contributed by atoms with E-state index in [2.05, 4.69) is 10.1 Å². The summed E-state index contributed by atoms with van der Waals surface area (Å²) < 4.78 is 37.0. The number of aryl methyl sites for hydroxylation is 1. The quantitative estimate of drug-likeness (QED) is 0.262. The maximum atomic E-state index is 13.7. The topological polar surface area (TPSA) is 184 Å². The number of benzene rings is 1. The van der Waals surface area contributed by atoms with Crippen LogP contribution in [0.25, 0.3) is 0 Å². The maximum Gasteiger partial charge on any atom is 0.459 e. The molecular formula is C22H29N4O9P. The van der Waals surface area contributed by atoms with Crippen molar-refractivity contribution < 1.29 is 33.0 Å². The molecule has 1 aliphatic carbocycles. The second kappa shape index (κ2) is 9.58. The first kappa shape index (κ1) is 26.3. The zero-order valence-corrected chi connectivity index (χ0v) is 21.0. The van der Waals surface area contributed by atoms with E-state index in [4.69, 9.17) is 24.3 Å². The van der Waals surface area contributed by atoms with Gasteiger partial charge in [0.1, 0.15) is 29.6 Å². The summed E-state index contributed by atoms with van der Waals surface area (Å²) in [5.41, 5.74) is 3.35. The lowest BCUT2D eigenvalue weighted by Gasteiger charge is -2.27. The fraction of sp³-hybridized carbons (Fsp3) is 0.500. The summed E-state index contributed by atoms with van der Waals surface area (Å²) in [4.78, 5) is 38.4. The molecule has 7 atom stereocenters. The molecule has 2 fully saturated rings. The zero-order chi connectivity index (χ0) is 26.4. The SMILES string of the molecule is Cc1cn([C@@H]2O[C@@H]3C(OP(=O)(N[C@@H](C)C(=O)OC(C)C)Oc4ccccc4)[C@]3(O)[C@H]2N)c(=O)[nH]c1=O. The third-order valence-corrected chi connectivity index (χ3v) is 7.56. The molecule has 2 heterocycles. The fourth-order valence-corrected chi connectivity index (χ4v) is 5.69. The Morgan fingerprint density at radius 2 is 1.94 bits per heavy atom. The molecule has 13 nitrogen and oxygen atoms in total. The number of nitrogens with zero attached hydrogens (tertiary/aromatic N) is 1. The number of aromatic nitrogens is 2. The van der Waals surface area contributed by atoms with Gasteiger partial charge in [0.05, 0.1) is 12.1 Å². The van der Waals surface area contributed by atoms with Gasteiger partial charge < -0.3 is 24.8 Å². The number of para-hydroxylation sites is 1. The molecule has 1 aromatic heterocycles. The Kier molecular flexibility index (Phi) is 6.99. The van der Waals surface area contributed by atoms with E-state index in [0.717, 1.165) is 4.57 Å². The number of nitrogens with two attached hydrogens (primary N) is 1. The highest BCUT2D eigenvalue weighted by atomic mass is 31.2. The van der Waals surface area contributed by atoms with Crippen LogP contribution in [0, 0.1) is 6.92 Å². The van der Waals surface area contributed by atoms with E-state index in [9.17, 15) is 24.1 Å². The molecule has 36 heavy (non-hydrogen) atoms. The Morgan fingerprint density at radius 1 is 1.28 bits per heavy atom. The van der Waals surface area contributed by atoms with E-state index in [1.54, 1.807) is 44.2 Å². The molecule has 1 saturated carbocycles. The van der Waals surface area contributed by atoms with E-state index in [1.807, 2.05) is 0 Å². The van der Waals surface area contributed by atoms with Crippen LogP contribution in [0.3, 0.4) is 0 Å². The van der Waals surface area contributed by atoms with E-state index in [-0.39, 0.29) is 11.3 Å². The van der Waals surface area contributed by atoms with Crippen molar-refractivity contribution in [2.75, 3.05) is 0 Å². The van der Waals surface area contributed by atoms with Gasteiger partial charge in [-0.1, -0.05) is 18.2 Å². The van der Waals surface area contributed by atoms with Gasteiger partial charge >= 0.3 is 19.4 Å². The minimum atomic E-state index is -4.29. The predicted molar refractivity (Wildman–Crippen MR) is 126 cm³/mol. The number of hydrogen-bond donors (Lipinski definition) is 4. The summed E-state index contributed by atoms with van der Waals surface area (Å²) in [7, 11) is -4.29. The smallest absolute Gasteiger partial charge is 0.459 e. The Morgan fingerprint density at radius 3 is 2.53 bits per heavy atom. The molecule has 2 aromatic rings. The third-order valence-electron chi connectivity index (χ3n) is 5.90. The van der Waals surface area contributed by atoms with E-state index >= 15 is 0 Å². The Balaban J connectivity index is 1.54. The molecule has 5 N–H and O–H groups in total. The summed E-state index contributed by atoms with van der Waals surface area (Å²) in [6.45, 7) is 6.28. The minimum absolute atomic E-state index is 0.189. The molecule has 1 saturated heterocycles. The molecule has 0 bridgehead atoms. The molecule has 0 amide bonds. The van der Waals surface area contributed by atoms with Crippen LogP contribution in [0.4, 0.5) is 0 Å². The van der Waals surface area contributed by atoms with Crippen LogP contribution in [-0.4, -0.2) is 56.6 Å². The van der Waals surface area contributed by atoms with Crippen LogP contribution in [0.15, 0.2) is 46.1 Å². The number of rotatable bonds is 9. The van der Waals surface area contributed by atoms with Gasteiger partial charge in [-0.2, -0.15) is 5.09 Å². The van der Waals surface area contributed by atoms with E-state index in [0.29, 0.717) is 0 Å². The van der Waals surface area contributed by atoms with Gasteiger partial charge in [0, 0.05) is 11.8 Å². The average molecular weight is 524 g/mol. The summed E-state index contributed by atoms with van der Waals surface area (Å²) in [5.74, 6) is -0.491. The third kappa shape index (κ3) is 4.90. The maximum absolute atomic E-state index is 13.7. The largest absolute Gasteiger partial charge is 0.462 e. The molecule has 196 valence electrons. The molecule has 1 aromatic carbocycles. The van der Waals surface area contributed by atoms with Crippen molar-refractivity contribution in [3.8, 4) is 5.75 Å². The van der Waals surface area contributed by atoms with Crippen LogP contribution >= 0.6 is 7.75 Å². The number of aliphatic hydroxyl groups is 1. The van der Waals surface area contributed by atoms with Gasteiger partial charge in [-0.05, 0) is 39.8 Å². The normalized spacial score (nSPS) is 29.3. The van der Waals surface area contributed by atoms with Gasteiger partial charge in [-0.25, -0.2) is 9.36 Å². The lowest BCUT2D eigenvalue weighted by Crippen LogP contribution is -2.47. The first-order valence-corrected chi connectivity index (χ1v) is 12.9. The van der Waals surface area contributed by atoms with Crippen LogP contribution in [0.1, 0.15) is 32.6 Å². The highest BCUT2D eigenvalue weighted by Gasteiger charge is 2.78. The molecule has 0 radical (unpaired) electrons. The van der Waals surface area contributed by atoms with Gasteiger partial charge in [0.25, 0.3) is 5.56 Å². The van der Waals surface area contributed by atoms with Gasteiger partial charge in [-0.3, -0.25) is 23.7 Å². The first-order chi connectivity index (χ1) is 16.9. The van der Waals surface area contributed by atoms with Crippen LogP contribution < -0.4 is 26.6 Å². The molecule has 2 unspecified atom stereocenters. The predicted octanol–water partition coefficient (Wildman–Crippen LogP) is 0.316. The molecule has 14 heteroatoms. The fourth-order valence-electron chi connectivity index (χ4n) is 3.98. The Labute approximate surface area is 206 Å². The van der Waals surface area contributed by atoms with Crippen molar-refractivity contribution in [1.29, 1.82) is 0 Å². The molecular weight excluding hydrogens is 495 g/mol. The van der Waals surface area contributed by atoms with E-state index < -0.39 is 67.2 Å². The number of carbonyl (C=O) groups excluding carboxylic acids is 1. The Hall–Kier alpha value is -2.80. The number of hydrogen-bond acceptors (Lipinski definition) is 10. The Bertz CT molecular complexity index is 1300. The molecule has 2 aliphatic rings. The first-order valence-electron chi connectivity index (χ1n) is 11.3. The van der Waals surface area contributed by atoms with Crippen molar-refractivity contribution >= 4 is 13.7 Å². The standard InChI is InChI=1S/C22H29N4O9P/c1-11(2)32-20(28)13(4)25-36(31,34-14-8-6-5-7-9-14)35-17-16-22(17,30)15(23)19(33-16)26-10-12(3)18(27)24-21(26)29/h5-11,13,15-17,19,30H,23H2,1-4H3,(H,25,31)(H,24,27,29)/t13-,15-,16+,17?,19+,22-,36?/m0/s1. The summed E-state index contributed by atoms with van der Waals surface area (Å²) in [6, 6.07) is 5.87. The number of carbonyl (C=O) groups is 1. The van der Waals surface area contributed by atoms with Crippen LogP contribution in [0.5, 0.6) is 5.75 Å². The minimum Gasteiger partial charge on any atom is -0.462 e. The van der Waals surface area contributed by atoms with E-state index in [1.165, 1.54) is 20.0 Å². The summed E-state index contributed by atoms with van der Waals surface area (Å²) in [5, 5.41) is 13.7. The van der Waals surface area contributed by atoms with Crippen molar-refractivity contribution in [2.45, 2.75) is 69.9 Å². The van der Waals surface area contributed by atoms with Crippen molar-refractivity contribution in [2.24, 2.45) is 5.73 Å². The highest BCUT2D eigenvalue weighted by Crippen LogP contribution is 2.60. The molecule has 4 rings (SSSR count). The lowest BCUT2D eigenvalue weighted by atomic mass is 10.1. The van der Waals surface area contributed by atoms with Gasteiger partial charge in [0.15, 0.2) is 6.23 Å². The number of fused-ring (bicyclic) bond motifs is 1. The van der Waals surface area contributed by atoms with Gasteiger partial charge in [0.2, 0.25) is 0 Å². The van der Waals surface area contributed by atoms with Crippen molar-refractivity contribution in [3.63, 3.8) is 0 Å². The molecule has 0 spiro atoms. The molecule has 1 aliphatic heterocycles. The number of ether oxygens (including phenoxy) is 2. The number of esters is 1. The summed E-state index contributed by atoms with van der Waals surface area (Å²) in [6.07, 6.45) is -2.47. The van der Waals surface area contributed by atoms with Crippen LogP contribution in [-0.2, 0) is 23.4 Å². The second-order valence-electron chi connectivity index (χ2n) is 9.10. The van der Waals surface area contributed by atoms with Crippen molar-refractivity contribution in [3.05, 3.63) is 62.9 Å². The lowest BCUT2D eigenvalue weighted by molar-refractivity contribution is -0.149. The number of nitrogens with one attached hydrogen (secondary N) is 2. The monoisotopic (exact) mass is 524 g/mol. The van der Waals surface area contributed by atoms with Gasteiger partial charge in [-0.15, -0.1) is 0 Å². The second-order valence-corrected chi connectivity index (χ2v) is 10.7. The van der Waals surface area contributed by atoms with Crippen LogP contribution in [0.2, 0.25) is 0 Å².